The van der Waals surface area contributed by atoms with Crippen LogP contribution >= 0.6 is 0 Å². The molecule has 0 aromatic heterocycles. The average Bonchev–Trinajstić information content (AvgIpc) is 2.10. The van der Waals surface area contributed by atoms with Gasteiger partial charge in [-0.2, -0.15) is 0 Å². The van der Waals surface area contributed by atoms with E-state index in [1.165, 1.54) is 12.1 Å². The van der Waals surface area contributed by atoms with Crippen LogP contribution in [-0.2, 0) is 0 Å². The van der Waals surface area contributed by atoms with E-state index in [1.54, 1.807) is 13.0 Å². The highest BCUT2D eigenvalue weighted by molar-refractivity contribution is 6.02. The van der Waals surface area contributed by atoms with Crippen molar-refractivity contribution in [3.63, 3.8) is 0 Å². The number of hydrogen-bond acceptors (Lipinski definition) is 2. The summed E-state index contributed by atoms with van der Waals surface area (Å²) in [5, 5.41) is 19.1. The van der Waals surface area contributed by atoms with Crippen molar-refractivity contribution < 1.29 is 4.39 Å². The standard InChI is InChI=1S/C9H12FN5/c1-5-4-6(2-3-7(5)10)14-9(13)15-8(11)12/h2-4H,1H3,(H6,11,12,13,14,15). The molecule has 0 atom stereocenters. The van der Waals surface area contributed by atoms with Crippen LogP contribution in [-0.4, -0.2) is 11.9 Å². The molecule has 0 saturated carbocycles. The van der Waals surface area contributed by atoms with Gasteiger partial charge in [-0.05, 0) is 30.7 Å². The number of benzene rings is 1. The molecule has 0 bridgehead atoms. The summed E-state index contributed by atoms with van der Waals surface area (Å²) >= 11 is 0. The Hall–Kier alpha value is -2.11. The average molecular weight is 209 g/mol. The van der Waals surface area contributed by atoms with E-state index in [-0.39, 0.29) is 17.7 Å². The minimum absolute atomic E-state index is 0.131. The zero-order valence-corrected chi connectivity index (χ0v) is 8.19. The van der Waals surface area contributed by atoms with Crippen LogP contribution in [0.4, 0.5) is 10.1 Å². The van der Waals surface area contributed by atoms with Crippen LogP contribution in [0.2, 0.25) is 0 Å². The zero-order chi connectivity index (χ0) is 11.4. The van der Waals surface area contributed by atoms with E-state index in [0.29, 0.717) is 11.3 Å². The second kappa shape index (κ2) is 4.41. The lowest BCUT2D eigenvalue weighted by Gasteiger charge is -2.09. The first-order chi connectivity index (χ1) is 6.99. The van der Waals surface area contributed by atoms with Gasteiger partial charge in [-0.1, -0.05) is 0 Å². The SMILES string of the molecule is Cc1cc(NC(=N)NC(=N)N)ccc1F. The predicted molar refractivity (Wildman–Crippen MR) is 57.5 cm³/mol. The van der Waals surface area contributed by atoms with Gasteiger partial charge in [0.25, 0.3) is 0 Å². The van der Waals surface area contributed by atoms with Crippen molar-refractivity contribution in [1.29, 1.82) is 10.8 Å². The first kappa shape index (κ1) is 11.0. The first-order valence-electron chi connectivity index (χ1n) is 4.22. The monoisotopic (exact) mass is 209 g/mol. The Bertz CT molecular complexity index is 401. The van der Waals surface area contributed by atoms with Gasteiger partial charge in [0.15, 0.2) is 11.9 Å². The molecule has 0 heterocycles. The molecular weight excluding hydrogens is 197 g/mol. The maximum absolute atomic E-state index is 12.9. The molecule has 0 aliphatic heterocycles. The Labute approximate surface area is 86.5 Å². The normalized spacial score (nSPS) is 9.47. The van der Waals surface area contributed by atoms with Gasteiger partial charge < -0.3 is 11.1 Å². The summed E-state index contributed by atoms with van der Waals surface area (Å²) in [5.41, 5.74) is 6.08. The number of halogens is 1. The highest BCUT2D eigenvalue weighted by atomic mass is 19.1. The van der Waals surface area contributed by atoms with Crippen LogP contribution in [0.25, 0.3) is 0 Å². The molecule has 0 radical (unpaired) electrons. The van der Waals surface area contributed by atoms with E-state index in [2.05, 4.69) is 10.6 Å². The highest BCUT2D eigenvalue weighted by Gasteiger charge is 2.01. The molecule has 15 heavy (non-hydrogen) atoms. The fourth-order valence-corrected chi connectivity index (χ4v) is 1.03. The fraction of sp³-hybridized carbons (Fsp3) is 0.111. The Balaban J connectivity index is 2.69. The van der Waals surface area contributed by atoms with E-state index in [0.717, 1.165) is 0 Å². The highest BCUT2D eigenvalue weighted by Crippen LogP contribution is 2.12. The summed E-state index contributed by atoms with van der Waals surface area (Å²) in [6, 6.07) is 4.36. The van der Waals surface area contributed by atoms with E-state index >= 15 is 0 Å². The van der Waals surface area contributed by atoms with Gasteiger partial charge in [0.1, 0.15) is 5.82 Å². The molecular formula is C9H12FN5. The minimum atomic E-state index is -0.327. The van der Waals surface area contributed by atoms with Gasteiger partial charge in [-0.15, -0.1) is 0 Å². The predicted octanol–water partition coefficient (Wildman–Crippen LogP) is 0.964. The number of rotatable bonds is 1. The van der Waals surface area contributed by atoms with Gasteiger partial charge in [-0.3, -0.25) is 16.1 Å². The smallest absolute Gasteiger partial charge is 0.199 e. The lowest BCUT2D eigenvalue weighted by molar-refractivity contribution is 0.619. The Kier molecular flexibility index (Phi) is 3.22. The van der Waals surface area contributed by atoms with E-state index in [9.17, 15) is 4.39 Å². The molecule has 1 aromatic carbocycles. The number of anilines is 1. The molecule has 0 unspecified atom stereocenters. The molecule has 80 valence electrons. The molecule has 0 spiro atoms. The number of nitrogens with one attached hydrogen (secondary N) is 4. The third-order valence-electron chi connectivity index (χ3n) is 1.69. The molecule has 0 saturated heterocycles. The van der Waals surface area contributed by atoms with Crippen molar-refractivity contribution in [2.24, 2.45) is 5.73 Å². The van der Waals surface area contributed by atoms with E-state index in [1.807, 2.05) is 0 Å². The molecule has 6 heteroatoms. The largest absolute Gasteiger partial charge is 0.370 e. The quantitative estimate of drug-likeness (QED) is 0.352. The third kappa shape index (κ3) is 3.26. The second-order valence-corrected chi connectivity index (χ2v) is 3.00. The van der Waals surface area contributed by atoms with Crippen LogP contribution in [0.1, 0.15) is 5.56 Å². The van der Waals surface area contributed by atoms with Gasteiger partial charge in [0.05, 0.1) is 0 Å². The van der Waals surface area contributed by atoms with Crippen molar-refractivity contribution in [3.8, 4) is 0 Å². The number of nitrogens with two attached hydrogens (primary N) is 1. The maximum Gasteiger partial charge on any atom is 0.199 e. The van der Waals surface area contributed by atoms with Gasteiger partial charge >= 0.3 is 0 Å². The summed E-state index contributed by atoms with van der Waals surface area (Å²) in [7, 11) is 0. The lowest BCUT2D eigenvalue weighted by atomic mass is 10.2. The van der Waals surface area contributed by atoms with Crippen LogP contribution in [0.15, 0.2) is 18.2 Å². The lowest BCUT2D eigenvalue weighted by Crippen LogP contribution is -2.39. The Morgan fingerprint density at radius 3 is 2.60 bits per heavy atom. The fourth-order valence-electron chi connectivity index (χ4n) is 1.03. The summed E-state index contributed by atoms with van der Waals surface area (Å²) in [6.07, 6.45) is 0. The summed E-state index contributed by atoms with van der Waals surface area (Å²) < 4.78 is 12.9. The first-order valence-corrected chi connectivity index (χ1v) is 4.22. The molecule has 5 nitrogen and oxygen atoms in total. The van der Waals surface area contributed by atoms with Crippen LogP contribution in [0.5, 0.6) is 0 Å². The Morgan fingerprint density at radius 1 is 1.40 bits per heavy atom. The topological polar surface area (TPSA) is 97.8 Å². The van der Waals surface area contributed by atoms with E-state index < -0.39 is 0 Å². The summed E-state index contributed by atoms with van der Waals surface area (Å²) in [4.78, 5) is 0. The molecule has 0 amide bonds. The van der Waals surface area contributed by atoms with Crippen molar-refractivity contribution in [1.82, 2.24) is 5.32 Å². The van der Waals surface area contributed by atoms with Gasteiger partial charge in [0, 0.05) is 5.69 Å². The van der Waals surface area contributed by atoms with Crippen molar-refractivity contribution in [3.05, 3.63) is 29.6 Å². The number of hydrogen-bond donors (Lipinski definition) is 5. The maximum atomic E-state index is 12.9. The molecule has 1 rings (SSSR count). The summed E-state index contributed by atoms with van der Waals surface area (Å²) in [5.74, 6) is -0.758. The summed E-state index contributed by atoms with van der Waals surface area (Å²) in [6.45, 7) is 1.63. The molecule has 1 aromatic rings. The second-order valence-electron chi connectivity index (χ2n) is 3.00. The van der Waals surface area contributed by atoms with Gasteiger partial charge in [-0.25, -0.2) is 4.39 Å². The molecule has 0 aliphatic rings. The van der Waals surface area contributed by atoms with E-state index in [4.69, 9.17) is 16.6 Å². The third-order valence-corrected chi connectivity index (χ3v) is 1.69. The number of guanidine groups is 2. The van der Waals surface area contributed by atoms with Crippen molar-refractivity contribution in [2.75, 3.05) is 5.32 Å². The van der Waals surface area contributed by atoms with Crippen LogP contribution in [0, 0.1) is 23.6 Å². The van der Waals surface area contributed by atoms with Gasteiger partial charge in [0.2, 0.25) is 0 Å². The van der Waals surface area contributed by atoms with Crippen LogP contribution in [0.3, 0.4) is 0 Å². The molecule has 0 aliphatic carbocycles. The van der Waals surface area contributed by atoms with Crippen molar-refractivity contribution in [2.45, 2.75) is 6.92 Å². The minimum Gasteiger partial charge on any atom is -0.370 e. The van der Waals surface area contributed by atoms with Crippen molar-refractivity contribution >= 4 is 17.6 Å². The molecule has 6 N–H and O–H groups in total. The number of aryl methyl sites for hydroxylation is 1. The molecule has 0 fully saturated rings. The Morgan fingerprint density at radius 2 is 2.07 bits per heavy atom. The van der Waals surface area contributed by atoms with Crippen LogP contribution < -0.4 is 16.4 Å². The zero-order valence-electron chi connectivity index (χ0n) is 8.19.